The van der Waals surface area contributed by atoms with Crippen LogP contribution in [0.2, 0.25) is 10.0 Å². The third-order valence-corrected chi connectivity index (χ3v) is 4.85. The molecule has 0 bridgehead atoms. The Labute approximate surface area is 118 Å². The van der Waals surface area contributed by atoms with Crippen LogP contribution in [-0.2, 0) is 0 Å². The van der Waals surface area contributed by atoms with Crippen molar-refractivity contribution in [3.05, 3.63) is 33.8 Å². The normalized spacial score (nSPS) is 27.7. The van der Waals surface area contributed by atoms with Crippen LogP contribution in [0.15, 0.2) is 18.2 Å². The summed E-state index contributed by atoms with van der Waals surface area (Å²) in [5.41, 5.74) is 1.05. The van der Waals surface area contributed by atoms with Crippen molar-refractivity contribution >= 4 is 23.2 Å². The molecule has 1 saturated carbocycles. The fourth-order valence-electron chi connectivity index (χ4n) is 2.37. The Balaban J connectivity index is 2.04. The highest BCUT2D eigenvalue weighted by Crippen LogP contribution is 2.41. The van der Waals surface area contributed by atoms with Gasteiger partial charge in [-0.15, -0.1) is 0 Å². The molecule has 0 spiro atoms. The maximum atomic E-state index is 9.73. The average molecular weight is 288 g/mol. The molecule has 100 valence electrons. The zero-order chi connectivity index (χ0) is 13.5. The topological polar surface area (TPSA) is 32.3 Å². The van der Waals surface area contributed by atoms with Crippen molar-refractivity contribution in [1.29, 1.82) is 0 Å². The summed E-state index contributed by atoms with van der Waals surface area (Å²) in [6.45, 7) is 6.27. The van der Waals surface area contributed by atoms with Gasteiger partial charge in [0.15, 0.2) is 0 Å². The number of rotatable bonds is 3. The van der Waals surface area contributed by atoms with Crippen molar-refractivity contribution < 1.29 is 5.11 Å². The van der Waals surface area contributed by atoms with Gasteiger partial charge in [0.1, 0.15) is 0 Å². The van der Waals surface area contributed by atoms with Gasteiger partial charge < -0.3 is 10.4 Å². The summed E-state index contributed by atoms with van der Waals surface area (Å²) >= 11 is 11.9. The summed E-state index contributed by atoms with van der Waals surface area (Å²) in [5, 5.41) is 14.4. The van der Waals surface area contributed by atoms with Crippen molar-refractivity contribution in [3.8, 4) is 0 Å². The summed E-state index contributed by atoms with van der Waals surface area (Å²) in [5.74, 6) is 0. The van der Waals surface area contributed by atoms with Crippen LogP contribution >= 0.6 is 23.2 Å². The molecule has 0 saturated heterocycles. The standard InChI is InChI=1S/C14H19Cl2NO/c1-8(9-4-5-10(15)11(16)6-9)17-12-7-13(18)14(12,2)3/h4-6,8,12-13,17-18H,7H2,1-3H3. The minimum atomic E-state index is -0.212. The van der Waals surface area contributed by atoms with E-state index in [0.29, 0.717) is 16.1 Å². The summed E-state index contributed by atoms with van der Waals surface area (Å²) in [7, 11) is 0. The minimum Gasteiger partial charge on any atom is -0.392 e. The van der Waals surface area contributed by atoms with E-state index in [4.69, 9.17) is 23.2 Å². The van der Waals surface area contributed by atoms with Crippen LogP contribution in [0.1, 0.15) is 38.8 Å². The number of aliphatic hydroxyl groups is 1. The van der Waals surface area contributed by atoms with E-state index in [1.165, 1.54) is 0 Å². The van der Waals surface area contributed by atoms with Crippen LogP contribution in [0.4, 0.5) is 0 Å². The molecule has 1 aliphatic rings. The van der Waals surface area contributed by atoms with E-state index in [1.54, 1.807) is 0 Å². The van der Waals surface area contributed by atoms with Crippen LogP contribution in [0.3, 0.4) is 0 Å². The van der Waals surface area contributed by atoms with Crippen LogP contribution in [0.5, 0.6) is 0 Å². The van der Waals surface area contributed by atoms with Crippen molar-refractivity contribution in [3.63, 3.8) is 0 Å². The SMILES string of the molecule is CC(NC1CC(O)C1(C)C)c1ccc(Cl)c(Cl)c1. The quantitative estimate of drug-likeness (QED) is 0.886. The molecular weight excluding hydrogens is 269 g/mol. The molecule has 3 atom stereocenters. The lowest BCUT2D eigenvalue weighted by atomic mass is 9.64. The molecule has 18 heavy (non-hydrogen) atoms. The molecule has 0 amide bonds. The highest BCUT2D eigenvalue weighted by atomic mass is 35.5. The highest BCUT2D eigenvalue weighted by Gasteiger charge is 2.47. The molecule has 2 nitrogen and oxygen atoms in total. The van der Waals surface area contributed by atoms with E-state index in [9.17, 15) is 5.11 Å². The molecule has 0 aliphatic heterocycles. The fraction of sp³-hybridized carbons (Fsp3) is 0.571. The Morgan fingerprint density at radius 3 is 2.50 bits per heavy atom. The van der Waals surface area contributed by atoms with Crippen molar-refractivity contribution in [2.24, 2.45) is 5.41 Å². The molecule has 1 aliphatic carbocycles. The number of nitrogens with one attached hydrogen (secondary N) is 1. The fourth-order valence-corrected chi connectivity index (χ4v) is 2.67. The minimum absolute atomic E-state index is 0.0650. The molecule has 1 fully saturated rings. The predicted octanol–water partition coefficient (Wildman–Crippen LogP) is 3.80. The van der Waals surface area contributed by atoms with Crippen molar-refractivity contribution in [2.75, 3.05) is 0 Å². The lowest BCUT2D eigenvalue weighted by molar-refractivity contribution is -0.0754. The first-order chi connectivity index (χ1) is 8.32. The molecule has 4 heteroatoms. The van der Waals surface area contributed by atoms with Crippen LogP contribution in [0, 0.1) is 5.41 Å². The Kier molecular flexibility index (Phi) is 3.93. The Morgan fingerprint density at radius 1 is 1.33 bits per heavy atom. The number of hydrogen-bond acceptors (Lipinski definition) is 2. The second-order valence-corrected chi connectivity index (χ2v) is 6.50. The van der Waals surface area contributed by atoms with Crippen molar-refractivity contribution in [2.45, 2.75) is 45.4 Å². The number of hydrogen-bond donors (Lipinski definition) is 2. The van der Waals surface area contributed by atoms with Gasteiger partial charge in [0.25, 0.3) is 0 Å². The smallest absolute Gasteiger partial charge is 0.0621 e. The van der Waals surface area contributed by atoms with Gasteiger partial charge in [-0.05, 0) is 31.0 Å². The summed E-state index contributed by atoms with van der Waals surface area (Å²) < 4.78 is 0. The van der Waals surface area contributed by atoms with Crippen molar-refractivity contribution in [1.82, 2.24) is 5.32 Å². The molecule has 1 aromatic carbocycles. The Hall–Kier alpha value is -0.280. The van der Waals surface area contributed by atoms with E-state index in [-0.39, 0.29) is 17.6 Å². The molecule has 0 aromatic heterocycles. The first-order valence-corrected chi connectivity index (χ1v) is 6.97. The van der Waals surface area contributed by atoms with Gasteiger partial charge in [-0.3, -0.25) is 0 Å². The maximum Gasteiger partial charge on any atom is 0.0621 e. The zero-order valence-electron chi connectivity index (χ0n) is 10.9. The van der Waals surface area contributed by atoms with Gasteiger partial charge in [-0.25, -0.2) is 0 Å². The average Bonchev–Trinajstić information content (AvgIpc) is 2.32. The Bertz CT molecular complexity index is 447. The van der Waals surface area contributed by atoms with Gasteiger partial charge in [0.05, 0.1) is 16.1 Å². The molecule has 2 N–H and O–H groups in total. The Morgan fingerprint density at radius 2 is 2.00 bits per heavy atom. The summed E-state index contributed by atoms with van der Waals surface area (Å²) in [6.07, 6.45) is 0.592. The molecule has 3 unspecified atom stereocenters. The van der Waals surface area contributed by atoms with Gasteiger partial charge in [0.2, 0.25) is 0 Å². The van der Waals surface area contributed by atoms with Crippen LogP contribution in [0.25, 0.3) is 0 Å². The second kappa shape index (κ2) is 5.01. The second-order valence-electron chi connectivity index (χ2n) is 5.69. The first kappa shape index (κ1) is 14.1. The van der Waals surface area contributed by atoms with Gasteiger partial charge in [-0.1, -0.05) is 43.1 Å². The number of benzene rings is 1. The van der Waals surface area contributed by atoms with Crippen LogP contribution in [-0.4, -0.2) is 17.3 Å². The van der Waals surface area contributed by atoms with Crippen LogP contribution < -0.4 is 5.32 Å². The third kappa shape index (κ3) is 2.53. The van der Waals surface area contributed by atoms with Gasteiger partial charge >= 0.3 is 0 Å². The highest BCUT2D eigenvalue weighted by molar-refractivity contribution is 6.42. The monoisotopic (exact) mass is 287 g/mol. The molecule has 2 rings (SSSR count). The van der Waals surface area contributed by atoms with E-state index in [2.05, 4.69) is 26.1 Å². The largest absolute Gasteiger partial charge is 0.392 e. The van der Waals surface area contributed by atoms with E-state index < -0.39 is 0 Å². The first-order valence-electron chi connectivity index (χ1n) is 6.21. The molecular formula is C14H19Cl2NO. The lowest BCUT2D eigenvalue weighted by Crippen LogP contribution is -2.60. The predicted molar refractivity (Wildman–Crippen MR) is 76.2 cm³/mol. The van der Waals surface area contributed by atoms with E-state index >= 15 is 0 Å². The lowest BCUT2D eigenvalue weighted by Gasteiger charge is -2.50. The van der Waals surface area contributed by atoms with E-state index in [0.717, 1.165) is 12.0 Å². The zero-order valence-corrected chi connectivity index (χ0v) is 12.4. The molecule has 0 radical (unpaired) electrons. The maximum absolute atomic E-state index is 9.73. The van der Waals surface area contributed by atoms with Gasteiger partial charge in [0, 0.05) is 17.5 Å². The van der Waals surface area contributed by atoms with E-state index in [1.807, 2.05) is 18.2 Å². The van der Waals surface area contributed by atoms with Gasteiger partial charge in [-0.2, -0.15) is 0 Å². The third-order valence-electron chi connectivity index (χ3n) is 4.11. The molecule has 1 aromatic rings. The number of aliphatic hydroxyl groups excluding tert-OH is 1. The summed E-state index contributed by atoms with van der Waals surface area (Å²) in [4.78, 5) is 0. The number of halogens is 2. The summed E-state index contributed by atoms with van der Waals surface area (Å²) in [6, 6.07) is 6.21. The molecule has 0 heterocycles.